The number of benzene rings is 3. The van der Waals surface area contributed by atoms with Gasteiger partial charge in [-0.2, -0.15) is 0 Å². The molecule has 4 atom stereocenters. The van der Waals surface area contributed by atoms with E-state index in [9.17, 15) is 89.4 Å². The van der Waals surface area contributed by atoms with Crippen LogP contribution in [0.1, 0.15) is 62.1 Å². The van der Waals surface area contributed by atoms with Crippen molar-refractivity contribution >= 4 is 274 Å². The van der Waals surface area contributed by atoms with Crippen LogP contribution in [0.15, 0.2) is 0 Å². The number of anilines is 3. The van der Waals surface area contributed by atoms with Gasteiger partial charge in [0, 0.05) is 91.8 Å². The van der Waals surface area contributed by atoms with E-state index in [0.29, 0.717) is 0 Å². The van der Waals surface area contributed by atoms with Crippen molar-refractivity contribution in [2.75, 3.05) is 137 Å². The van der Waals surface area contributed by atoms with Crippen LogP contribution in [0.3, 0.4) is 0 Å². The Morgan fingerprint density at radius 2 is 0.547 bits per heavy atom. The fraction of sp³-hybridized carbons (Fsp3) is 0.449. The molecule has 0 aromatic heterocycles. The number of nitrogens with zero attached hydrogens (tertiary/aromatic N) is 6. The highest BCUT2D eigenvalue weighted by atomic mass is 127. The summed E-state index contributed by atoms with van der Waals surface area (Å²) >= 11 is 16.0. The van der Waals surface area contributed by atoms with Crippen molar-refractivity contribution in [1.29, 1.82) is 0 Å². The average molecular weight is 2220 g/mol. The molecule has 4 unspecified atom stereocenters. The Labute approximate surface area is 615 Å². The summed E-state index contributed by atoms with van der Waals surface area (Å²) in [4.78, 5) is 132. The monoisotopic (exact) mass is 2220 g/mol. The molecule has 0 heterocycles. The molecule has 0 aliphatic heterocycles. The molecule has 9 amide bonds. The van der Waals surface area contributed by atoms with Gasteiger partial charge in [0.05, 0.1) is 116 Å². The number of nitrogens with one attached hydrogen (secondary N) is 3. The Balaban J connectivity index is 2.35. The van der Waals surface area contributed by atoms with Crippen LogP contribution in [-0.4, -0.2) is 279 Å². The van der Waals surface area contributed by atoms with Gasteiger partial charge in [0.15, 0.2) is 0 Å². The van der Waals surface area contributed by atoms with E-state index in [1.165, 1.54) is 35.2 Å². The first-order chi connectivity index (χ1) is 40.1. The number of amides is 9. The predicted octanol–water partition coefficient (Wildman–Crippen LogP) is 0.544. The fourth-order valence-corrected chi connectivity index (χ4v) is 20.9. The molecular weight excluding hydrogens is 2160 g/mol. The van der Waals surface area contributed by atoms with Crippen molar-refractivity contribution < 1.29 is 94.2 Å². The van der Waals surface area contributed by atoms with E-state index in [1.54, 1.807) is 203 Å². The van der Waals surface area contributed by atoms with E-state index in [2.05, 4.69) is 16.0 Å². The second kappa shape index (κ2) is 36.5. The number of likely N-dealkylation sites (N-methyl/N-ethyl adjacent to an activating group) is 5. The van der Waals surface area contributed by atoms with Gasteiger partial charge in [0.1, 0.15) is 19.8 Å². The van der Waals surface area contributed by atoms with Crippen LogP contribution in [0.5, 0.6) is 0 Å². The van der Waals surface area contributed by atoms with E-state index >= 15 is 4.79 Å². The lowest BCUT2D eigenvalue weighted by Crippen LogP contribution is -2.47. The smallest absolute Gasteiger partial charge is 0.256 e. The molecule has 0 bridgehead atoms. The van der Waals surface area contributed by atoms with Crippen LogP contribution in [0.25, 0.3) is 0 Å². The molecule has 3 aromatic carbocycles. The van der Waals surface area contributed by atoms with Crippen molar-refractivity contribution in [3.63, 3.8) is 0 Å². The molecule has 0 saturated carbocycles. The number of aliphatic hydroxyl groups excluding tert-OH is 10. The molecule has 0 fully saturated rings. The Morgan fingerprint density at radius 1 is 0.326 bits per heavy atom. The van der Waals surface area contributed by atoms with Gasteiger partial charge in [-0.1, -0.05) is 0 Å². The van der Waals surface area contributed by atoms with Gasteiger partial charge in [-0.05, 0) is 203 Å². The van der Waals surface area contributed by atoms with Crippen molar-refractivity contribution in [2.24, 2.45) is 0 Å². The summed E-state index contributed by atoms with van der Waals surface area (Å²) in [6, 6.07) is 0. The lowest BCUT2D eigenvalue weighted by Gasteiger charge is -2.31. The zero-order valence-corrected chi connectivity index (χ0v) is 65.2. The molecule has 0 spiro atoms. The molecule has 3 rings (SSSR count). The third kappa shape index (κ3) is 19.8. The van der Waals surface area contributed by atoms with Gasteiger partial charge < -0.3 is 96.4 Å². The molecule has 0 saturated heterocycles. The maximum Gasteiger partial charge on any atom is 0.256 e. The fourth-order valence-electron chi connectivity index (χ4n) is 7.83. The SMILES string of the molecule is CN(CCN(CC(O)CN(C)C(=O)c1c(I)c(NC(=O)CO)c(I)c(C(=O)N(C)CC(O)CO)c1I)C(=O)c1c(I)c(NC(=O)CO)c(I)c(C(=O)N(C)CC(O)CO)c1I)C(=O)c1c(I)c(NC(=O)CO)c(I)c(C(=O)N(C)CC(O)CO)c1I. The summed E-state index contributed by atoms with van der Waals surface area (Å²) in [5.74, 6) is -7.49. The molecular formula is C49H58I9N9O19. The van der Waals surface area contributed by atoms with Crippen LogP contribution >= 0.6 is 203 Å². The molecule has 0 aliphatic rings. The van der Waals surface area contributed by atoms with Crippen LogP contribution in [-0.2, 0) is 14.4 Å². The number of aliphatic hydroxyl groups is 10. The first-order valence-corrected chi connectivity index (χ1v) is 34.3. The van der Waals surface area contributed by atoms with Gasteiger partial charge in [-0.15, -0.1) is 0 Å². The maximum absolute atomic E-state index is 15.5. The van der Waals surface area contributed by atoms with Gasteiger partial charge in [0.25, 0.3) is 35.4 Å². The number of hydrogen-bond donors (Lipinski definition) is 13. The van der Waals surface area contributed by atoms with E-state index in [-0.39, 0.29) is 109 Å². The Bertz CT molecular complexity index is 3110. The molecule has 476 valence electrons. The zero-order chi connectivity index (χ0) is 65.7. The van der Waals surface area contributed by atoms with Gasteiger partial charge in [-0.3, -0.25) is 43.2 Å². The second-order valence-electron chi connectivity index (χ2n) is 18.7. The van der Waals surface area contributed by atoms with Crippen molar-refractivity contribution in [3.8, 4) is 0 Å². The first-order valence-electron chi connectivity index (χ1n) is 24.6. The summed E-state index contributed by atoms with van der Waals surface area (Å²) in [5.41, 5.74) is -0.998. The number of carbonyl (C=O) groups excluding carboxylic acids is 9. The molecule has 0 aliphatic carbocycles. The lowest BCUT2D eigenvalue weighted by molar-refractivity contribution is -0.119. The van der Waals surface area contributed by atoms with Crippen LogP contribution in [0, 0.1) is 32.1 Å². The summed E-state index contributed by atoms with van der Waals surface area (Å²) in [6.45, 7) is -8.16. The van der Waals surface area contributed by atoms with E-state index in [4.69, 9.17) is 0 Å². The largest absolute Gasteiger partial charge is 0.394 e. The highest BCUT2D eigenvalue weighted by Gasteiger charge is 2.37. The molecule has 37 heteroatoms. The average Bonchev–Trinajstić information content (AvgIpc) is 0.928. The molecule has 28 nitrogen and oxygen atoms in total. The highest BCUT2D eigenvalue weighted by Crippen LogP contribution is 2.40. The van der Waals surface area contributed by atoms with Crippen molar-refractivity contribution in [3.05, 3.63) is 65.5 Å². The third-order valence-corrected chi connectivity index (χ3v) is 21.9. The van der Waals surface area contributed by atoms with Crippen LogP contribution in [0.2, 0.25) is 0 Å². The maximum atomic E-state index is 15.5. The summed E-state index contributed by atoms with van der Waals surface area (Å²) < 4.78 is 0.841. The van der Waals surface area contributed by atoms with E-state index in [0.717, 1.165) is 29.4 Å². The number of carbonyl (C=O) groups is 9. The minimum absolute atomic E-state index is 0.00195. The Morgan fingerprint density at radius 3 is 0.779 bits per heavy atom. The topological polar surface area (TPSA) is 411 Å². The normalized spacial score (nSPS) is 12.6. The van der Waals surface area contributed by atoms with Crippen LogP contribution in [0.4, 0.5) is 17.1 Å². The molecule has 13 N–H and O–H groups in total. The lowest BCUT2D eigenvalue weighted by atomic mass is 10.1. The van der Waals surface area contributed by atoms with Gasteiger partial charge >= 0.3 is 0 Å². The number of rotatable bonds is 28. The number of hydrogen-bond acceptors (Lipinski definition) is 19. The van der Waals surface area contributed by atoms with Crippen molar-refractivity contribution in [2.45, 2.75) is 24.4 Å². The van der Waals surface area contributed by atoms with Crippen molar-refractivity contribution in [1.82, 2.24) is 29.4 Å². The van der Waals surface area contributed by atoms with Crippen LogP contribution < -0.4 is 16.0 Å². The summed E-state index contributed by atoms with van der Waals surface area (Å²) in [6.07, 6.45) is -5.74. The predicted molar refractivity (Wildman–Crippen MR) is 387 cm³/mol. The molecule has 0 radical (unpaired) electrons. The Kier molecular flexibility index (Phi) is 33.7. The third-order valence-electron chi connectivity index (χ3n) is 12.2. The standard InChI is InChI=1S/C49H58I9N9O19/c1-62(44(81)26-32(50)27(46(83)64(3)9-20(75)13-68)36(54)41(35(26)53)59-23(78)16-71)6-7-67(49(86)31-34(52)30(48(85)66(5)11-22(77)15-70)39(57)43(40(31)58)61-25(80)18-73)12-19(74)8-63(2)45(82)28-33(51)29(47(84)65(4)10-21(76)14-69)38(56)42(37(28)55)60-24(79)17-72/h19-22,68-77H,6-18H2,1-5H3,(H,59,78)(H,60,79)(H,61,80). The molecule has 86 heavy (non-hydrogen) atoms. The second-order valence-corrected chi connectivity index (χ2v) is 28.4. The summed E-state index contributed by atoms with van der Waals surface area (Å²) in [5, 5.41) is 108. The summed E-state index contributed by atoms with van der Waals surface area (Å²) in [7, 11) is 6.63. The first kappa shape index (κ1) is 79.3. The quantitative estimate of drug-likeness (QED) is 0.0441. The minimum Gasteiger partial charge on any atom is -0.394 e. The number of halogens is 9. The zero-order valence-electron chi connectivity index (χ0n) is 45.7. The van der Waals surface area contributed by atoms with E-state index < -0.39 is 137 Å². The van der Waals surface area contributed by atoms with Gasteiger partial charge in [-0.25, -0.2) is 0 Å². The van der Waals surface area contributed by atoms with Gasteiger partial charge in [0.2, 0.25) is 17.7 Å². The Hall–Kier alpha value is -0.940. The highest BCUT2D eigenvalue weighted by molar-refractivity contribution is 14.1. The minimum atomic E-state index is -1.68. The van der Waals surface area contributed by atoms with E-state index in [1.807, 2.05) is 0 Å². The molecule has 3 aromatic rings.